The van der Waals surface area contributed by atoms with Crippen LogP contribution in [0.25, 0.3) is 22.0 Å². The maximum absolute atomic E-state index is 13.1. The minimum atomic E-state index is -4.79. The number of nitrogens with zero attached hydrogens (tertiary/aromatic N) is 4. The minimum absolute atomic E-state index is 0.183. The van der Waals surface area contributed by atoms with Gasteiger partial charge in [0.1, 0.15) is 11.3 Å². The summed E-state index contributed by atoms with van der Waals surface area (Å²) in [6.07, 6.45) is -8.41. The van der Waals surface area contributed by atoms with E-state index in [1.807, 2.05) is 0 Å². The number of likely N-dealkylation sites (tertiary alicyclic amines) is 1. The number of ether oxygens (including phenoxy) is 1. The summed E-state index contributed by atoms with van der Waals surface area (Å²) < 4.78 is 79.9. The first kappa shape index (κ1) is 23.0. The summed E-state index contributed by atoms with van der Waals surface area (Å²) in [5.74, 6) is -0.364. The molecule has 176 valence electrons. The highest BCUT2D eigenvalue weighted by atomic mass is 19.4. The lowest BCUT2D eigenvalue weighted by Gasteiger charge is -2.32. The molecule has 2 heterocycles. The number of hydrogen-bond acceptors (Lipinski definition) is 5. The molecule has 0 spiro atoms. The van der Waals surface area contributed by atoms with Crippen molar-refractivity contribution in [2.75, 3.05) is 19.6 Å². The molecule has 1 aliphatic rings. The molecule has 33 heavy (non-hydrogen) atoms. The molecule has 1 fully saturated rings. The molecule has 0 saturated carbocycles. The van der Waals surface area contributed by atoms with Gasteiger partial charge in [0.05, 0.1) is 18.0 Å². The molecule has 0 aliphatic carbocycles. The lowest BCUT2D eigenvalue weighted by atomic mass is 10.0. The Hall–Kier alpha value is -3.15. The predicted octanol–water partition coefficient (Wildman–Crippen LogP) is 4.56. The van der Waals surface area contributed by atoms with Crippen molar-refractivity contribution in [3.05, 3.63) is 52.8 Å². The Morgan fingerprint density at radius 3 is 2.18 bits per heavy atom. The number of aromatic nitrogens is 3. The molecule has 0 amide bonds. The Labute approximate surface area is 183 Å². The van der Waals surface area contributed by atoms with Gasteiger partial charge in [-0.15, -0.1) is 18.3 Å². The molecular weight excluding hydrogens is 454 g/mol. The van der Waals surface area contributed by atoms with Crippen LogP contribution in [0.3, 0.4) is 0 Å². The molecule has 0 bridgehead atoms. The second-order valence-corrected chi connectivity index (χ2v) is 7.77. The van der Waals surface area contributed by atoms with E-state index in [-0.39, 0.29) is 30.3 Å². The number of halogens is 6. The molecule has 1 saturated heterocycles. The average molecular weight is 472 g/mol. The molecule has 1 aliphatic heterocycles. The normalized spacial score (nSPS) is 16.3. The molecule has 12 heteroatoms. The van der Waals surface area contributed by atoms with E-state index in [4.69, 9.17) is 0 Å². The SMILES string of the molecule is O=c1c2cc(-c3ccc(OC(F)(F)F)cc3)ccc2nnn1C1CCN(CC(F)(F)F)CC1. The molecule has 4 rings (SSSR count). The second-order valence-electron chi connectivity index (χ2n) is 7.77. The topological polar surface area (TPSA) is 60.2 Å². The van der Waals surface area contributed by atoms with E-state index < -0.39 is 24.6 Å². The number of fused-ring (bicyclic) bond motifs is 1. The highest BCUT2D eigenvalue weighted by Crippen LogP contribution is 2.28. The van der Waals surface area contributed by atoms with Crippen molar-refractivity contribution in [2.24, 2.45) is 0 Å². The largest absolute Gasteiger partial charge is 0.573 e. The molecule has 3 aromatic rings. The maximum atomic E-state index is 13.1. The molecular formula is C21H18F6N4O2. The molecule has 2 aromatic carbocycles. The first-order chi connectivity index (χ1) is 15.5. The van der Waals surface area contributed by atoms with Gasteiger partial charge >= 0.3 is 12.5 Å². The third-order valence-corrected chi connectivity index (χ3v) is 5.41. The molecule has 0 N–H and O–H groups in total. The van der Waals surface area contributed by atoms with E-state index in [1.54, 1.807) is 18.2 Å². The monoisotopic (exact) mass is 472 g/mol. The van der Waals surface area contributed by atoms with Gasteiger partial charge in [-0.3, -0.25) is 9.69 Å². The van der Waals surface area contributed by atoms with E-state index in [2.05, 4.69) is 15.0 Å². The third kappa shape index (κ3) is 5.62. The lowest BCUT2D eigenvalue weighted by Crippen LogP contribution is -2.42. The van der Waals surface area contributed by atoms with E-state index in [1.165, 1.54) is 33.8 Å². The van der Waals surface area contributed by atoms with Gasteiger partial charge < -0.3 is 4.74 Å². The van der Waals surface area contributed by atoms with Gasteiger partial charge in [0.25, 0.3) is 5.56 Å². The van der Waals surface area contributed by atoms with Gasteiger partial charge in [-0.1, -0.05) is 23.4 Å². The summed E-state index contributed by atoms with van der Waals surface area (Å²) in [7, 11) is 0. The molecule has 0 unspecified atom stereocenters. The Morgan fingerprint density at radius 2 is 1.58 bits per heavy atom. The van der Waals surface area contributed by atoms with Gasteiger partial charge in [-0.25, -0.2) is 4.68 Å². The fraction of sp³-hybridized carbons (Fsp3) is 0.381. The average Bonchev–Trinajstić information content (AvgIpc) is 2.73. The Balaban J connectivity index is 1.56. The van der Waals surface area contributed by atoms with Gasteiger partial charge in [0, 0.05) is 13.1 Å². The molecule has 6 nitrogen and oxygen atoms in total. The summed E-state index contributed by atoms with van der Waals surface area (Å²) in [6, 6.07) is 9.65. The number of alkyl halides is 6. The van der Waals surface area contributed by atoms with Crippen molar-refractivity contribution in [3.8, 4) is 16.9 Å². The van der Waals surface area contributed by atoms with Crippen LogP contribution in [0.2, 0.25) is 0 Å². The number of benzene rings is 2. The fourth-order valence-electron chi connectivity index (χ4n) is 3.90. The van der Waals surface area contributed by atoms with Crippen LogP contribution in [-0.2, 0) is 0 Å². The van der Waals surface area contributed by atoms with Crippen LogP contribution in [0.1, 0.15) is 18.9 Å². The maximum Gasteiger partial charge on any atom is 0.573 e. The van der Waals surface area contributed by atoms with E-state index in [9.17, 15) is 31.1 Å². The quantitative estimate of drug-likeness (QED) is 0.522. The number of piperidine rings is 1. The van der Waals surface area contributed by atoms with Crippen molar-refractivity contribution < 1.29 is 31.1 Å². The zero-order valence-electron chi connectivity index (χ0n) is 17.0. The first-order valence-corrected chi connectivity index (χ1v) is 10.0. The van der Waals surface area contributed by atoms with Crippen molar-refractivity contribution in [3.63, 3.8) is 0 Å². The first-order valence-electron chi connectivity index (χ1n) is 10.0. The van der Waals surface area contributed by atoms with Crippen LogP contribution in [0, 0.1) is 0 Å². The van der Waals surface area contributed by atoms with Crippen LogP contribution < -0.4 is 10.3 Å². The summed E-state index contributed by atoms with van der Waals surface area (Å²) in [4.78, 5) is 14.3. The van der Waals surface area contributed by atoms with E-state index >= 15 is 0 Å². The van der Waals surface area contributed by atoms with Crippen molar-refractivity contribution >= 4 is 10.9 Å². The fourth-order valence-corrected chi connectivity index (χ4v) is 3.90. The molecule has 0 radical (unpaired) electrons. The smallest absolute Gasteiger partial charge is 0.406 e. The van der Waals surface area contributed by atoms with Gasteiger partial charge in [0.2, 0.25) is 0 Å². The van der Waals surface area contributed by atoms with E-state index in [0.717, 1.165) is 0 Å². The van der Waals surface area contributed by atoms with Gasteiger partial charge in [-0.05, 0) is 48.2 Å². The Bertz CT molecular complexity index is 1180. The zero-order valence-corrected chi connectivity index (χ0v) is 17.0. The summed E-state index contributed by atoms with van der Waals surface area (Å²) >= 11 is 0. The van der Waals surface area contributed by atoms with Crippen LogP contribution in [0.15, 0.2) is 47.3 Å². The molecule has 1 aromatic heterocycles. The number of rotatable bonds is 4. The van der Waals surface area contributed by atoms with Crippen LogP contribution >= 0.6 is 0 Å². The van der Waals surface area contributed by atoms with Crippen LogP contribution in [-0.4, -0.2) is 52.1 Å². The highest BCUT2D eigenvalue weighted by Gasteiger charge is 2.33. The van der Waals surface area contributed by atoms with Crippen LogP contribution in [0.5, 0.6) is 5.75 Å². The van der Waals surface area contributed by atoms with Crippen molar-refractivity contribution in [1.29, 1.82) is 0 Å². The Kier molecular flexibility index (Phi) is 6.04. The highest BCUT2D eigenvalue weighted by molar-refractivity contribution is 5.83. The molecule has 0 atom stereocenters. The summed E-state index contributed by atoms with van der Waals surface area (Å²) in [5, 5.41) is 8.29. The van der Waals surface area contributed by atoms with Gasteiger partial charge in [-0.2, -0.15) is 13.2 Å². The van der Waals surface area contributed by atoms with Gasteiger partial charge in [0.15, 0.2) is 0 Å². The van der Waals surface area contributed by atoms with E-state index in [0.29, 0.717) is 29.5 Å². The Morgan fingerprint density at radius 1 is 0.939 bits per heavy atom. The lowest BCUT2D eigenvalue weighted by molar-refractivity contribution is -0.274. The van der Waals surface area contributed by atoms with Crippen LogP contribution in [0.4, 0.5) is 26.3 Å². The standard InChI is InChI=1S/C21H18F6N4O2/c22-20(23,24)12-30-9-7-15(8-10-30)31-19(32)17-11-14(3-6-18(17)28-29-31)13-1-4-16(5-2-13)33-21(25,26)27/h1-6,11,15H,7-10,12H2. The van der Waals surface area contributed by atoms with Crippen molar-refractivity contribution in [1.82, 2.24) is 19.9 Å². The minimum Gasteiger partial charge on any atom is -0.406 e. The predicted molar refractivity (Wildman–Crippen MR) is 107 cm³/mol. The summed E-state index contributed by atoms with van der Waals surface area (Å²) in [5.41, 5.74) is 1.06. The second kappa shape index (κ2) is 8.65. The zero-order chi connectivity index (χ0) is 23.8. The number of hydrogen-bond donors (Lipinski definition) is 0. The third-order valence-electron chi connectivity index (χ3n) is 5.41. The van der Waals surface area contributed by atoms with Crippen molar-refractivity contribution in [2.45, 2.75) is 31.4 Å². The summed E-state index contributed by atoms with van der Waals surface area (Å²) in [6.45, 7) is -0.625.